The van der Waals surface area contributed by atoms with Crippen LogP contribution in [0.4, 0.5) is 20.2 Å². The molecule has 11 heteroatoms. The number of nitriles is 2. The van der Waals surface area contributed by atoms with Crippen molar-refractivity contribution in [1.82, 2.24) is 14.8 Å². The van der Waals surface area contributed by atoms with Crippen LogP contribution in [0.25, 0.3) is 10.8 Å². The molecule has 232 valence electrons. The van der Waals surface area contributed by atoms with Crippen LogP contribution in [0.15, 0.2) is 49.1 Å². The normalized spacial score (nSPS) is 19.3. The van der Waals surface area contributed by atoms with Crippen molar-refractivity contribution in [2.45, 2.75) is 38.3 Å². The lowest BCUT2D eigenvalue weighted by Crippen LogP contribution is -2.57. The van der Waals surface area contributed by atoms with E-state index in [2.05, 4.69) is 71.8 Å². The fourth-order valence-electron chi connectivity index (χ4n) is 6.85. The number of rotatable bonds is 8. The number of pyridine rings is 1. The molecule has 0 saturated carbocycles. The lowest BCUT2D eigenvalue weighted by molar-refractivity contribution is -0.132. The van der Waals surface area contributed by atoms with E-state index in [-0.39, 0.29) is 49.5 Å². The van der Waals surface area contributed by atoms with Crippen molar-refractivity contribution < 1.29 is 18.3 Å². The number of likely N-dealkylation sites (tertiary alicyclic amines) is 1. The predicted molar refractivity (Wildman–Crippen MR) is 167 cm³/mol. The largest absolute Gasteiger partial charge is 0.475 e. The van der Waals surface area contributed by atoms with Crippen molar-refractivity contribution >= 4 is 28.1 Å². The maximum absolute atomic E-state index is 13.4. The number of hydrogen-bond acceptors (Lipinski definition) is 8. The minimum atomic E-state index is -2.67. The summed E-state index contributed by atoms with van der Waals surface area (Å²) in [5.74, 6) is -2.72. The number of aromatic nitrogens is 1. The number of ether oxygens (including phenoxy) is 1. The summed E-state index contributed by atoms with van der Waals surface area (Å²) in [5.41, 5.74) is 5.03. The molecule has 2 saturated heterocycles. The van der Waals surface area contributed by atoms with Gasteiger partial charge in [0.05, 0.1) is 49.5 Å². The number of fused-ring (bicyclic) bond motifs is 2. The minimum Gasteiger partial charge on any atom is -0.475 e. The third kappa shape index (κ3) is 5.88. The number of benzene rings is 2. The van der Waals surface area contributed by atoms with Gasteiger partial charge in [-0.15, -0.1) is 0 Å². The molecule has 1 atom stereocenters. The number of carbonyl (C=O) groups is 1. The summed E-state index contributed by atoms with van der Waals surface area (Å²) < 4.78 is 32.9. The third-order valence-corrected chi connectivity index (χ3v) is 8.98. The molecule has 4 heterocycles. The Hall–Kier alpha value is -4.74. The van der Waals surface area contributed by atoms with Crippen LogP contribution in [0.2, 0.25) is 0 Å². The molecule has 1 aromatic heterocycles. The SMILES string of the molecule is C=CC(=O)N1CCN(c2c(C#N)c(OCCN3CC(F)(F)C3)nc3c2CCN(c2cccc4cccc(C)c24)C3)C[C@@H]1CC#N. The first kappa shape index (κ1) is 30.3. The number of hydrogen-bond donors (Lipinski definition) is 0. The van der Waals surface area contributed by atoms with Crippen LogP contribution in [-0.2, 0) is 17.8 Å². The van der Waals surface area contributed by atoms with Gasteiger partial charge in [-0.05, 0) is 36.4 Å². The molecule has 1 amide bonds. The summed E-state index contributed by atoms with van der Waals surface area (Å²) >= 11 is 0. The van der Waals surface area contributed by atoms with Gasteiger partial charge in [-0.2, -0.15) is 10.5 Å². The number of alkyl halides is 2. The van der Waals surface area contributed by atoms with E-state index < -0.39 is 5.92 Å². The maximum Gasteiger partial charge on any atom is 0.272 e. The van der Waals surface area contributed by atoms with E-state index in [0.29, 0.717) is 45.7 Å². The first-order valence-corrected chi connectivity index (χ1v) is 15.2. The van der Waals surface area contributed by atoms with Crippen LogP contribution < -0.4 is 14.5 Å². The molecule has 3 aliphatic rings. The number of piperazine rings is 1. The molecule has 45 heavy (non-hydrogen) atoms. The Balaban J connectivity index is 1.37. The van der Waals surface area contributed by atoms with Gasteiger partial charge in [0.2, 0.25) is 11.8 Å². The van der Waals surface area contributed by atoms with Crippen molar-refractivity contribution in [1.29, 1.82) is 10.5 Å². The highest BCUT2D eigenvalue weighted by Gasteiger charge is 2.43. The second kappa shape index (κ2) is 12.3. The Morgan fingerprint density at radius 3 is 2.64 bits per heavy atom. The molecule has 0 bridgehead atoms. The zero-order valence-corrected chi connectivity index (χ0v) is 25.3. The Morgan fingerprint density at radius 1 is 1.16 bits per heavy atom. The lowest BCUT2D eigenvalue weighted by atomic mass is 9.95. The molecule has 9 nitrogen and oxygen atoms in total. The number of nitrogens with zero attached hydrogens (tertiary/aromatic N) is 7. The van der Waals surface area contributed by atoms with Crippen molar-refractivity contribution in [2.75, 3.05) is 62.2 Å². The predicted octanol–water partition coefficient (Wildman–Crippen LogP) is 4.42. The van der Waals surface area contributed by atoms with Gasteiger partial charge in [0, 0.05) is 49.4 Å². The second-order valence-electron chi connectivity index (χ2n) is 11.9. The van der Waals surface area contributed by atoms with Gasteiger partial charge in [-0.1, -0.05) is 36.9 Å². The first-order chi connectivity index (χ1) is 21.7. The van der Waals surface area contributed by atoms with Gasteiger partial charge in [0.15, 0.2) is 0 Å². The van der Waals surface area contributed by atoms with E-state index in [1.165, 1.54) is 17.0 Å². The van der Waals surface area contributed by atoms with Crippen molar-refractivity contribution in [3.63, 3.8) is 0 Å². The van der Waals surface area contributed by atoms with Crippen molar-refractivity contribution in [3.8, 4) is 18.0 Å². The van der Waals surface area contributed by atoms with Crippen LogP contribution in [0.1, 0.15) is 28.8 Å². The average Bonchev–Trinajstić information content (AvgIpc) is 3.02. The van der Waals surface area contributed by atoms with Crippen molar-refractivity contribution in [2.24, 2.45) is 0 Å². The van der Waals surface area contributed by atoms with Crippen LogP contribution in [0, 0.1) is 29.6 Å². The van der Waals surface area contributed by atoms with Crippen LogP contribution >= 0.6 is 0 Å². The van der Waals surface area contributed by atoms with Gasteiger partial charge >= 0.3 is 0 Å². The van der Waals surface area contributed by atoms with E-state index in [9.17, 15) is 24.1 Å². The molecule has 3 aliphatic heterocycles. The van der Waals surface area contributed by atoms with Gasteiger partial charge in [0.1, 0.15) is 18.2 Å². The molecule has 0 radical (unpaired) electrons. The number of carbonyl (C=O) groups excluding carboxylic acids is 1. The summed E-state index contributed by atoms with van der Waals surface area (Å²) in [6, 6.07) is 16.7. The highest BCUT2D eigenvalue weighted by Crippen LogP contribution is 2.40. The molecule has 0 N–H and O–H groups in total. The number of anilines is 2. The Labute approximate surface area is 261 Å². The summed E-state index contributed by atoms with van der Waals surface area (Å²) in [6.07, 6.45) is 2.04. The fourth-order valence-corrected chi connectivity index (χ4v) is 6.85. The maximum atomic E-state index is 13.4. The Bertz CT molecular complexity index is 1720. The minimum absolute atomic E-state index is 0.112. The Morgan fingerprint density at radius 2 is 1.93 bits per heavy atom. The molecular formula is C34H35F2N7O2. The topological polar surface area (TPSA) is 99.7 Å². The summed E-state index contributed by atoms with van der Waals surface area (Å²) in [7, 11) is 0. The molecule has 0 unspecified atom stereocenters. The second-order valence-corrected chi connectivity index (χ2v) is 11.9. The Kier molecular flexibility index (Phi) is 8.30. The monoisotopic (exact) mass is 611 g/mol. The number of halogens is 2. The summed E-state index contributed by atoms with van der Waals surface area (Å²) in [4.78, 5) is 25.1. The smallest absolute Gasteiger partial charge is 0.272 e. The molecule has 6 rings (SSSR count). The zero-order valence-electron chi connectivity index (χ0n) is 25.3. The van der Waals surface area contributed by atoms with E-state index >= 15 is 0 Å². The van der Waals surface area contributed by atoms with Gasteiger partial charge in [-0.3, -0.25) is 9.69 Å². The molecular weight excluding hydrogens is 576 g/mol. The highest BCUT2D eigenvalue weighted by atomic mass is 19.3. The summed E-state index contributed by atoms with van der Waals surface area (Å²) in [6.45, 7) is 7.91. The van der Waals surface area contributed by atoms with E-state index in [0.717, 1.165) is 28.0 Å². The number of amides is 1. The molecule has 3 aromatic rings. The van der Waals surface area contributed by atoms with Crippen LogP contribution in [-0.4, -0.2) is 85.1 Å². The third-order valence-electron chi connectivity index (χ3n) is 8.98. The molecule has 0 aliphatic carbocycles. The first-order valence-electron chi connectivity index (χ1n) is 15.2. The zero-order chi connectivity index (χ0) is 31.7. The van der Waals surface area contributed by atoms with Gasteiger partial charge in [0.25, 0.3) is 5.92 Å². The van der Waals surface area contributed by atoms with Crippen LogP contribution in [0.5, 0.6) is 5.88 Å². The van der Waals surface area contributed by atoms with E-state index in [4.69, 9.17) is 9.72 Å². The highest BCUT2D eigenvalue weighted by molar-refractivity contribution is 5.97. The van der Waals surface area contributed by atoms with Crippen LogP contribution in [0.3, 0.4) is 0 Å². The number of aryl methyl sites for hydroxylation is 1. The van der Waals surface area contributed by atoms with E-state index in [1.54, 1.807) is 9.80 Å². The quantitative estimate of drug-likeness (QED) is 0.345. The van der Waals surface area contributed by atoms with Gasteiger partial charge in [-0.25, -0.2) is 13.8 Å². The summed E-state index contributed by atoms with van der Waals surface area (Å²) in [5, 5.41) is 22.3. The van der Waals surface area contributed by atoms with Gasteiger partial charge < -0.3 is 19.4 Å². The molecule has 0 spiro atoms. The van der Waals surface area contributed by atoms with E-state index in [1.807, 2.05) is 0 Å². The molecule has 2 aromatic carbocycles. The fraction of sp³-hybridized carbons (Fsp3) is 0.412. The average molecular weight is 612 g/mol. The lowest BCUT2D eigenvalue weighted by Gasteiger charge is -2.43. The molecule has 2 fully saturated rings. The van der Waals surface area contributed by atoms with Crippen molar-refractivity contribution in [3.05, 3.63) is 71.4 Å². The standard InChI is InChI=1S/C34H35F2N7O2/c1-3-30(44)43-15-14-42(19-25(43)10-12-37)32-26-11-13-41(29-9-5-8-24-7-4-6-23(2)31(24)29)20-28(26)39-33(27(32)18-38)45-17-16-40-21-34(35,36)22-40/h3-9,25H,1,10-11,13-17,19-22H2,2H3/t25-/m0/s1.